The van der Waals surface area contributed by atoms with Crippen LogP contribution in [-0.2, 0) is 11.2 Å². The highest BCUT2D eigenvalue weighted by Gasteiger charge is 2.11. The van der Waals surface area contributed by atoms with Crippen molar-refractivity contribution in [2.45, 2.75) is 12.5 Å². The van der Waals surface area contributed by atoms with Gasteiger partial charge in [-0.25, -0.2) is 0 Å². The minimum absolute atomic E-state index is 0.332. The van der Waals surface area contributed by atoms with E-state index in [2.05, 4.69) is 10.2 Å². The van der Waals surface area contributed by atoms with Gasteiger partial charge in [0.2, 0.25) is 0 Å². The molecule has 0 aliphatic carbocycles. The summed E-state index contributed by atoms with van der Waals surface area (Å²) in [5.74, 6) is -0.984. The van der Waals surface area contributed by atoms with E-state index in [-0.39, 0.29) is 0 Å². The fraction of sp³-hybridized carbons (Fsp3) is 0.167. The Kier molecular flexibility index (Phi) is 3.20. The lowest BCUT2D eigenvalue weighted by Gasteiger charge is -2.06. The highest BCUT2D eigenvalue weighted by atomic mass is 16.4. The smallest absolute Gasteiger partial charge is 0.320 e. The Morgan fingerprint density at radius 1 is 1.35 bits per heavy atom. The van der Waals surface area contributed by atoms with Crippen molar-refractivity contribution in [3.8, 4) is 11.3 Å². The molecule has 17 heavy (non-hydrogen) atoms. The minimum Gasteiger partial charge on any atom is -0.480 e. The molecule has 1 heterocycles. The van der Waals surface area contributed by atoms with Gasteiger partial charge in [0.05, 0.1) is 5.69 Å². The van der Waals surface area contributed by atoms with Crippen molar-refractivity contribution in [3.05, 3.63) is 42.1 Å². The summed E-state index contributed by atoms with van der Waals surface area (Å²) in [5.41, 5.74) is 8.31. The van der Waals surface area contributed by atoms with Crippen LogP contribution in [0.5, 0.6) is 0 Å². The zero-order valence-corrected chi connectivity index (χ0v) is 9.13. The van der Waals surface area contributed by atoms with Crippen molar-refractivity contribution < 1.29 is 9.90 Å². The maximum absolute atomic E-state index is 10.6. The van der Waals surface area contributed by atoms with E-state index in [0.717, 1.165) is 16.8 Å². The lowest BCUT2D eigenvalue weighted by atomic mass is 10.0. The number of benzene rings is 1. The molecule has 0 bridgehead atoms. The summed E-state index contributed by atoms with van der Waals surface area (Å²) in [6, 6.07) is 8.60. The summed E-state index contributed by atoms with van der Waals surface area (Å²) in [7, 11) is 0. The van der Waals surface area contributed by atoms with Crippen LogP contribution in [0.1, 0.15) is 5.56 Å². The van der Waals surface area contributed by atoms with Gasteiger partial charge in [-0.2, -0.15) is 5.10 Å². The standard InChI is InChI=1S/C12H13N3O2/c13-10(12(16)17)7-8-1-3-9(4-2-8)11-5-6-14-15-11/h1-6,10H,7,13H2,(H,14,15)(H,16,17)/t10-/m0/s1. The van der Waals surface area contributed by atoms with Crippen LogP contribution in [0.25, 0.3) is 11.3 Å². The van der Waals surface area contributed by atoms with Gasteiger partial charge in [0, 0.05) is 6.20 Å². The maximum Gasteiger partial charge on any atom is 0.320 e. The number of nitrogens with two attached hydrogens (primary N) is 1. The second-order valence-electron chi connectivity index (χ2n) is 3.82. The third-order valence-electron chi connectivity index (χ3n) is 2.54. The summed E-state index contributed by atoms with van der Waals surface area (Å²) < 4.78 is 0. The number of aromatic nitrogens is 2. The first-order valence-corrected chi connectivity index (χ1v) is 5.24. The SMILES string of the molecule is N[C@@H](Cc1ccc(-c2ccn[nH]2)cc1)C(=O)O. The molecular formula is C12H13N3O2. The first kappa shape index (κ1) is 11.3. The van der Waals surface area contributed by atoms with Gasteiger partial charge in [0.25, 0.3) is 0 Å². The van der Waals surface area contributed by atoms with E-state index < -0.39 is 12.0 Å². The third-order valence-corrected chi connectivity index (χ3v) is 2.54. The second-order valence-corrected chi connectivity index (χ2v) is 3.82. The Morgan fingerprint density at radius 2 is 2.06 bits per heavy atom. The van der Waals surface area contributed by atoms with Crippen molar-refractivity contribution in [2.75, 3.05) is 0 Å². The topological polar surface area (TPSA) is 92.0 Å². The van der Waals surface area contributed by atoms with Crippen molar-refractivity contribution in [2.24, 2.45) is 5.73 Å². The van der Waals surface area contributed by atoms with Crippen LogP contribution in [-0.4, -0.2) is 27.3 Å². The Bertz CT molecular complexity index is 491. The zero-order chi connectivity index (χ0) is 12.3. The van der Waals surface area contributed by atoms with Crippen LogP contribution in [0, 0.1) is 0 Å². The molecule has 1 aromatic carbocycles. The van der Waals surface area contributed by atoms with Crippen LogP contribution >= 0.6 is 0 Å². The normalized spacial score (nSPS) is 12.3. The van der Waals surface area contributed by atoms with E-state index in [1.54, 1.807) is 6.20 Å². The predicted octanol–water partition coefficient (Wildman–Crippen LogP) is 1.03. The largest absolute Gasteiger partial charge is 0.480 e. The van der Waals surface area contributed by atoms with Gasteiger partial charge in [0.1, 0.15) is 6.04 Å². The molecule has 0 aliphatic rings. The highest BCUT2D eigenvalue weighted by molar-refractivity contribution is 5.73. The number of aliphatic carboxylic acids is 1. The fourth-order valence-corrected chi connectivity index (χ4v) is 1.58. The van der Waals surface area contributed by atoms with Crippen molar-refractivity contribution >= 4 is 5.97 Å². The lowest BCUT2D eigenvalue weighted by Crippen LogP contribution is -2.32. The van der Waals surface area contributed by atoms with E-state index in [1.807, 2.05) is 30.3 Å². The number of carboxylic acid groups (broad SMARTS) is 1. The summed E-state index contributed by atoms with van der Waals surface area (Å²) in [4.78, 5) is 10.6. The molecule has 0 unspecified atom stereocenters. The molecule has 0 fully saturated rings. The first-order chi connectivity index (χ1) is 8.16. The summed E-state index contributed by atoms with van der Waals surface area (Å²) in [6.45, 7) is 0. The fourth-order valence-electron chi connectivity index (χ4n) is 1.58. The van der Waals surface area contributed by atoms with E-state index in [1.165, 1.54) is 0 Å². The molecule has 5 nitrogen and oxygen atoms in total. The van der Waals surface area contributed by atoms with E-state index >= 15 is 0 Å². The van der Waals surface area contributed by atoms with Gasteiger partial charge in [-0.05, 0) is 23.6 Å². The van der Waals surface area contributed by atoms with Crippen LogP contribution in [0.15, 0.2) is 36.5 Å². The zero-order valence-electron chi connectivity index (χ0n) is 9.13. The van der Waals surface area contributed by atoms with Crippen molar-refractivity contribution in [1.29, 1.82) is 0 Å². The van der Waals surface area contributed by atoms with Crippen molar-refractivity contribution in [1.82, 2.24) is 10.2 Å². The second kappa shape index (κ2) is 4.80. The monoisotopic (exact) mass is 231 g/mol. The number of carboxylic acids is 1. The Hall–Kier alpha value is -2.14. The predicted molar refractivity (Wildman–Crippen MR) is 63.3 cm³/mol. The number of H-pyrrole nitrogens is 1. The molecule has 88 valence electrons. The Morgan fingerprint density at radius 3 is 2.59 bits per heavy atom. The Balaban J connectivity index is 2.11. The molecule has 1 atom stereocenters. The number of nitrogens with one attached hydrogen (secondary N) is 1. The highest BCUT2D eigenvalue weighted by Crippen LogP contribution is 2.17. The lowest BCUT2D eigenvalue weighted by molar-refractivity contribution is -0.138. The van der Waals surface area contributed by atoms with Crippen LogP contribution < -0.4 is 5.73 Å². The number of hydrogen-bond donors (Lipinski definition) is 3. The summed E-state index contributed by atoms with van der Waals surface area (Å²) in [5, 5.41) is 15.4. The molecule has 5 heteroatoms. The Labute approximate surface area is 98.3 Å². The van der Waals surface area contributed by atoms with Crippen molar-refractivity contribution in [3.63, 3.8) is 0 Å². The van der Waals surface area contributed by atoms with Gasteiger partial charge in [-0.15, -0.1) is 0 Å². The molecule has 0 radical (unpaired) electrons. The molecule has 0 amide bonds. The number of rotatable bonds is 4. The molecule has 2 aromatic rings. The van der Waals surface area contributed by atoms with Gasteiger partial charge in [-0.3, -0.25) is 9.89 Å². The average molecular weight is 231 g/mol. The molecule has 1 aromatic heterocycles. The number of aromatic amines is 1. The van der Waals surface area contributed by atoms with Gasteiger partial charge >= 0.3 is 5.97 Å². The van der Waals surface area contributed by atoms with E-state index in [4.69, 9.17) is 10.8 Å². The van der Waals surface area contributed by atoms with Gasteiger partial charge < -0.3 is 10.8 Å². The average Bonchev–Trinajstić information content (AvgIpc) is 2.83. The van der Waals surface area contributed by atoms with Crippen LogP contribution in [0.4, 0.5) is 0 Å². The van der Waals surface area contributed by atoms with Crippen LogP contribution in [0.3, 0.4) is 0 Å². The number of hydrogen-bond acceptors (Lipinski definition) is 3. The third kappa shape index (κ3) is 2.70. The first-order valence-electron chi connectivity index (χ1n) is 5.24. The molecule has 0 aliphatic heterocycles. The molecule has 0 saturated heterocycles. The van der Waals surface area contributed by atoms with E-state index in [0.29, 0.717) is 6.42 Å². The maximum atomic E-state index is 10.6. The summed E-state index contributed by atoms with van der Waals surface area (Å²) in [6.07, 6.45) is 2.02. The number of nitrogens with zero attached hydrogens (tertiary/aromatic N) is 1. The van der Waals surface area contributed by atoms with Gasteiger partial charge in [0.15, 0.2) is 0 Å². The van der Waals surface area contributed by atoms with Crippen LogP contribution in [0.2, 0.25) is 0 Å². The molecule has 0 spiro atoms. The summed E-state index contributed by atoms with van der Waals surface area (Å²) >= 11 is 0. The molecule has 2 rings (SSSR count). The molecule has 4 N–H and O–H groups in total. The minimum atomic E-state index is -0.984. The number of carbonyl (C=O) groups is 1. The van der Waals surface area contributed by atoms with E-state index in [9.17, 15) is 4.79 Å². The molecule has 0 saturated carbocycles. The quantitative estimate of drug-likeness (QED) is 0.732. The molecular weight excluding hydrogens is 218 g/mol. The van der Waals surface area contributed by atoms with Gasteiger partial charge in [-0.1, -0.05) is 24.3 Å².